The third-order valence-corrected chi connectivity index (χ3v) is 3.37. The molecule has 1 aromatic rings. The van der Waals surface area contributed by atoms with Crippen LogP contribution in [-0.4, -0.2) is 28.7 Å². The van der Waals surface area contributed by atoms with E-state index in [2.05, 4.69) is 34.5 Å². The van der Waals surface area contributed by atoms with E-state index in [9.17, 15) is 0 Å². The van der Waals surface area contributed by atoms with Crippen LogP contribution < -0.4 is 10.6 Å². The molecule has 4 nitrogen and oxygen atoms in total. The van der Waals surface area contributed by atoms with E-state index in [0.29, 0.717) is 6.04 Å². The number of hydrogen-bond donors (Lipinski definition) is 1. The van der Waals surface area contributed by atoms with Crippen LogP contribution in [0.25, 0.3) is 0 Å². The number of piperidine rings is 1. The molecular formula is C12H22N4. The summed E-state index contributed by atoms with van der Waals surface area (Å²) in [6, 6.07) is 0.473. The Bertz CT molecular complexity index is 345. The van der Waals surface area contributed by atoms with Crippen LogP contribution in [0, 0.1) is 6.92 Å². The fourth-order valence-electron chi connectivity index (χ4n) is 2.50. The van der Waals surface area contributed by atoms with E-state index >= 15 is 0 Å². The van der Waals surface area contributed by atoms with E-state index in [1.807, 2.05) is 0 Å². The van der Waals surface area contributed by atoms with E-state index in [1.54, 1.807) is 0 Å². The highest BCUT2D eigenvalue weighted by Gasteiger charge is 2.24. The molecule has 2 rings (SSSR count). The third-order valence-electron chi connectivity index (χ3n) is 3.37. The van der Waals surface area contributed by atoms with Gasteiger partial charge in [0.05, 0.1) is 5.69 Å². The van der Waals surface area contributed by atoms with Gasteiger partial charge in [0.1, 0.15) is 0 Å². The van der Waals surface area contributed by atoms with Gasteiger partial charge in [-0.1, -0.05) is 0 Å². The maximum absolute atomic E-state index is 5.85. The Kier molecular flexibility index (Phi) is 3.49. The first kappa shape index (κ1) is 11.5. The summed E-state index contributed by atoms with van der Waals surface area (Å²) in [7, 11) is 0. The van der Waals surface area contributed by atoms with Gasteiger partial charge in [-0.2, -0.15) is 0 Å². The zero-order valence-electron chi connectivity index (χ0n) is 10.3. The minimum Gasteiger partial charge on any atom is -0.338 e. The van der Waals surface area contributed by atoms with Crippen LogP contribution in [-0.2, 0) is 6.54 Å². The second kappa shape index (κ2) is 4.87. The Morgan fingerprint density at radius 1 is 1.50 bits per heavy atom. The second-order valence-electron chi connectivity index (χ2n) is 4.55. The molecule has 1 aromatic heterocycles. The van der Waals surface area contributed by atoms with Crippen molar-refractivity contribution in [2.75, 3.05) is 18.0 Å². The summed E-state index contributed by atoms with van der Waals surface area (Å²) in [5.41, 5.74) is 6.95. The monoisotopic (exact) mass is 222 g/mol. The molecule has 0 spiro atoms. The van der Waals surface area contributed by atoms with Crippen molar-refractivity contribution < 1.29 is 0 Å². The first-order chi connectivity index (χ1) is 7.76. The lowest BCUT2D eigenvalue weighted by molar-refractivity contribution is 0.452. The Hall–Kier alpha value is -1.03. The van der Waals surface area contributed by atoms with Gasteiger partial charge < -0.3 is 15.2 Å². The molecule has 0 saturated carbocycles. The predicted octanol–water partition coefficient (Wildman–Crippen LogP) is 1.53. The van der Waals surface area contributed by atoms with E-state index in [1.165, 1.54) is 19.3 Å². The molecule has 16 heavy (non-hydrogen) atoms. The lowest BCUT2D eigenvalue weighted by Gasteiger charge is -2.36. The molecular weight excluding hydrogens is 200 g/mol. The average molecular weight is 222 g/mol. The van der Waals surface area contributed by atoms with Crippen molar-refractivity contribution in [2.45, 2.75) is 45.7 Å². The van der Waals surface area contributed by atoms with E-state index < -0.39 is 0 Å². The highest BCUT2D eigenvalue weighted by molar-refractivity contribution is 5.36. The zero-order valence-corrected chi connectivity index (χ0v) is 10.3. The smallest absolute Gasteiger partial charge is 0.205 e. The highest BCUT2D eigenvalue weighted by Crippen LogP contribution is 2.23. The molecule has 0 amide bonds. The Balaban J connectivity index is 2.26. The number of rotatable bonds is 3. The van der Waals surface area contributed by atoms with Crippen LogP contribution in [0.1, 0.15) is 31.9 Å². The molecule has 0 aromatic carbocycles. The summed E-state index contributed by atoms with van der Waals surface area (Å²) in [6.45, 7) is 7.01. The molecule has 1 aliphatic rings. The van der Waals surface area contributed by atoms with Gasteiger partial charge in [0.2, 0.25) is 5.95 Å². The lowest BCUT2D eigenvalue weighted by atomic mass is 10.0. The number of aryl methyl sites for hydroxylation is 2. The fraction of sp³-hybridized carbons (Fsp3) is 0.750. The summed E-state index contributed by atoms with van der Waals surface area (Å²) in [5.74, 6) is 1.11. The largest absolute Gasteiger partial charge is 0.338 e. The van der Waals surface area contributed by atoms with Crippen molar-refractivity contribution in [2.24, 2.45) is 5.73 Å². The van der Waals surface area contributed by atoms with Crippen molar-refractivity contribution in [3.05, 3.63) is 11.9 Å². The van der Waals surface area contributed by atoms with Gasteiger partial charge in [-0.3, -0.25) is 0 Å². The van der Waals surface area contributed by atoms with E-state index in [4.69, 9.17) is 5.73 Å². The highest BCUT2D eigenvalue weighted by atomic mass is 15.3. The van der Waals surface area contributed by atoms with Gasteiger partial charge in [0.25, 0.3) is 0 Å². The van der Waals surface area contributed by atoms with E-state index in [0.717, 1.165) is 31.3 Å². The third kappa shape index (κ3) is 2.07. The molecule has 90 valence electrons. The normalized spacial score (nSPS) is 21.4. The Morgan fingerprint density at radius 2 is 2.31 bits per heavy atom. The number of imidazole rings is 1. The number of hydrogen-bond acceptors (Lipinski definition) is 3. The van der Waals surface area contributed by atoms with Crippen molar-refractivity contribution in [3.8, 4) is 0 Å². The first-order valence-corrected chi connectivity index (χ1v) is 6.26. The Labute approximate surface area is 97.4 Å². The fourth-order valence-corrected chi connectivity index (χ4v) is 2.50. The van der Waals surface area contributed by atoms with Gasteiger partial charge >= 0.3 is 0 Å². The summed E-state index contributed by atoms with van der Waals surface area (Å²) in [6.07, 6.45) is 5.87. The lowest BCUT2D eigenvalue weighted by Crippen LogP contribution is -2.45. The van der Waals surface area contributed by atoms with Gasteiger partial charge in [0, 0.05) is 31.9 Å². The van der Waals surface area contributed by atoms with Gasteiger partial charge in [-0.05, 0) is 33.1 Å². The van der Waals surface area contributed by atoms with Crippen LogP contribution in [0.3, 0.4) is 0 Å². The van der Waals surface area contributed by atoms with Crippen LogP contribution in [0.5, 0.6) is 0 Å². The number of nitrogens with zero attached hydrogens (tertiary/aromatic N) is 3. The minimum absolute atomic E-state index is 0.473. The molecule has 4 heteroatoms. The van der Waals surface area contributed by atoms with Gasteiger partial charge in [-0.25, -0.2) is 4.98 Å². The van der Waals surface area contributed by atoms with Crippen LogP contribution in [0.2, 0.25) is 0 Å². The second-order valence-corrected chi connectivity index (χ2v) is 4.55. The van der Waals surface area contributed by atoms with Crippen LogP contribution >= 0.6 is 0 Å². The molecule has 1 aliphatic heterocycles. The number of anilines is 1. The zero-order chi connectivity index (χ0) is 11.5. The maximum atomic E-state index is 5.85. The summed E-state index contributed by atoms with van der Waals surface area (Å²) >= 11 is 0. The topological polar surface area (TPSA) is 47.1 Å². The van der Waals surface area contributed by atoms with Gasteiger partial charge in [-0.15, -0.1) is 0 Å². The maximum Gasteiger partial charge on any atom is 0.205 e. The summed E-state index contributed by atoms with van der Waals surface area (Å²) in [4.78, 5) is 7.03. The SMILES string of the molecule is CCn1cc(C)nc1N1CCCCC1CN. The molecule has 1 atom stereocenters. The predicted molar refractivity (Wildman–Crippen MR) is 66.7 cm³/mol. The molecule has 0 radical (unpaired) electrons. The van der Waals surface area contributed by atoms with Crippen molar-refractivity contribution in [3.63, 3.8) is 0 Å². The quantitative estimate of drug-likeness (QED) is 0.843. The van der Waals surface area contributed by atoms with Crippen molar-refractivity contribution in [1.82, 2.24) is 9.55 Å². The molecule has 1 fully saturated rings. The molecule has 2 N–H and O–H groups in total. The molecule has 0 bridgehead atoms. The minimum atomic E-state index is 0.473. The summed E-state index contributed by atoms with van der Waals surface area (Å²) < 4.78 is 2.23. The standard InChI is InChI=1S/C12H22N4/c1-3-15-9-10(2)14-12(15)16-7-5-4-6-11(16)8-13/h9,11H,3-8,13H2,1-2H3. The average Bonchev–Trinajstić information content (AvgIpc) is 2.70. The van der Waals surface area contributed by atoms with Crippen molar-refractivity contribution in [1.29, 1.82) is 0 Å². The number of nitrogens with two attached hydrogens (primary N) is 1. The molecule has 1 unspecified atom stereocenters. The molecule has 0 aliphatic carbocycles. The van der Waals surface area contributed by atoms with Crippen LogP contribution in [0.4, 0.5) is 5.95 Å². The van der Waals surface area contributed by atoms with Crippen molar-refractivity contribution >= 4 is 5.95 Å². The van der Waals surface area contributed by atoms with Gasteiger partial charge in [0.15, 0.2) is 0 Å². The first-order valence-electron chi connectivity index (χ1n) is 6.26. The molecule has 2 heterocycles. The Morgan fingerprint density at radius 3 is 3.00 bits per heavy atom. The van der Waals surface area contributed by atoms with E-state index in [-0.39, 0.29) is 0 Å². The molecule has 1 saturated heterocycles. The number of aromatic nitrogens is 2. The summed E-state index contributed by atoms with van der Waals surface area (Å²) in [5, 5.41) is 0. The van der Waals surface area contributed by atoms with Crippen LogP contribution in [0.15, 0.2) is 6.20 Å².